The number of halogens is 2. The Morgan fingerprint density at radius 3 is 2.31 bits per heavy atom. The third-order valence-corrected chi connectivity index (χ3v) is 4.17. The second kappa shape index (κ2) is 9.36. The monoisotopic (exact) mass is 392 g/mol. The van der Waals surface area contributed by atoms with E-state index in [2.05, 4.69) is 10.6 Å². The number of rotatable bonds is 7. The molecule has 0 saturated heterocycles. The van der Waals surface area contributed by atoms with E-state index >= 15 is 0 Å². The van der Waals surface area contributed by atoms with Crippen LogP contribution in [-0.2, 0) is 9.59 Å². The third kappa shape index (κ3) is 6.17. The molecule has 0 aliphatic rings. The number of amides is 2. The largest absolute Gasteiger partial charge is 0.347 e. The molecule has 0 aliphatic carbocycles. The molecule has 0 spiro atoms. The lowest BCUT2D eigenvalue weighted by atomic mass is 10.1. The topological polar surface area (TPSA) is 75.3 Å². The van der Waals surface area contributed by atoms with Crippen molar-refractivity contribution >= 4 is 46.5 Å². The minimum atomic E-state index is -0.438. The normalized spacial score (nSPS) is 10.3. The van der Waals surface area contributed by atoms with E-state index in [0.717, 1.165) is 5.56 Å². The van der Waals surface area contributed by atoms with E-state index < -0.39 is 5.91 Å². The zero-order valence-corrected chi connectivity index (χ0v) is 15.7. The maximum Gasteiger partial charge on any atom is 0.243 e. The van der Waals surface area contributed by atoms with Crippen molar-refractivity contribution in [1.29, 1.82) is 0 Å². The van der Waals surface area contributed by atoms with Crippen LogP contribution >= 0.6 is 23.2 Å². The van der Waals surface area contributed by atoms with Crippen molar-refractivity contribution < 1.29 is 14.4 Å². The van der Waals surface area contributed by atoms with Crippen molar-refractivity contribution in [2.45, 2.75) is 19.8 Å². The van der Waals surface area contributed by atoms with E-state index in [4.69, 9.17) is 23.2 Å². The highest BCUT2D eigenvalue weighted by Crippen LogP contribution is 2.25. The summed E-state index contributed by atoms with van der Waals surface area (Å²) in [6.45, 7) is 1.71. The van der Waals surface area contributed by atoms with Crippen molar-refractivity contribution in [3.05, 3.63) is 63.6 Å². The average molecular weight is 393 g/mol. The fourth-order valence-electron chi connectivity index (χ4n) is 2.17. The Bertz CT molecular complexity index is 820. The van der Waals surface area contributed by atoms with Crippen molar-refractivity contribution in [2.75, 3.05) is 11.9 Å². The molecule has 7 heteroatoms. The Morgan fingerprint density at radius 1 is 0.923 bits per heavy atom. The van der Waals surface area contributed by atoms with Gasteiger partial charge in [0.1, 0.15) is 0 Å². The summed E-state index contributed by atoms with van der Waals surface area (Å²) in [6.07, 6.45) is 0.0918. The Morgan fingerprint density at radius 2 is 1.62 bits per heavy atom. The van der Waals surface area contributed by atoms with Gasteiger partial charge in [-0.25, -0.2) is 0 Å². The van der Waals surface area contributed by atoms with Crippen LogP contribution in [0.2, 0.25) is 10.0 Å². The lowest BCUT2D eigenvalue weighted by molar-refractivity contribution is -0.124. The van der Waals surface area contributed by atoms with Crippen LogP contribution in [0.1, 0.15) is 28.8 Å². The molecule has 0 radical (unpaired) electrons. The van der Waals surface area contributed by atoms with Gasteiger partial charge in [-0.3, -0.25) is 14.4 Å². The number of hydrogen-bond donors (Lipinski definition) is 2. The molecule has 0 fully saturated rings. The van der Waals surface area contributed by atoms with Crippen molar-refractivity contribution in [2.24, 2.45) is 0 Å². The number of hydrogen-bond acceptors (Lipinski definition) is 3. The third-order valence-electron chi connectivity index (χ3n) is 3.60. The molecule has 2 aromatic rings. The Labute approximate surface area is 161 Å². The van der Waals surface area contributed by atoms with Gasteiger partial charge in [0.05, 0.1) is 17.3 Å². The summed E-state index contributed by atoms with van der Waals surface area (Å²) in [7, 11) is 0. The highest BCUT2D eigenvalue weighted by molar-refractivity contribution is 6.35. The molecule has 0 unspecified atom stereocenters. The maximum absolute atomic E-state index is 12.0. The van der Waals surface area contributed by atoms with Crippen LogP contribution in [0.25, 0.3) is 0 Å². The quantitative estimate of drug-likeness (QED) is 0.698. The predicted octanol–water partition coefficient (Wildman–Crippen LogP) is 4.02. The van der Waals surface area contributed by atoms with Gasteiger partial charge in [0.15, 0.2) is 5.78 Å². The maximum atomic E-state index is 12.0. The molecule has 26 heavy (non-hydrogen) atoms. The van der Waals surface area contributed by atoms with Crippen LogP contribution in [-0.4, -0.2) is 24.1 Å². The van der Waals surface area contributed by atoms with E-state index in [1.807, 2.05) is 19.1 Å². The number of aryl methyl sites for hydroxylation is 1. The van der Waals surface area contributed by atoms with Crippen LogP contribution in [0.4, 0.5) is 5.69 Å². The number of carbonyl (C=O) groups excluding carboxylic acids is 3. The molecule has 0 heterocycles. The summed E-state index contributed by atoms with van der Waals surface area (Å²) < 4.78 is 0. The standard InChI is InChI=1S/C19H18Cl2N2O3/c1-12-2-4-13(5-3-12)17(24)8-9-18(25)22-11-19(26)23-16-10-14(20)6-7-15(16)21/h2-7,10H,8-9,11H2,1H3,(H,22,25)(H,23,26). The van der Waals surface area contributed by atoms with Crippen molar-refractivity contribution in [3.63, 3.8) is 0 Å². The van der Waals surface area contributed by atoms with Gasteiger partial charge < -0.3 is 10.6 Å². The van der Waals surface area contributed by atoms with Gasteiger partial charge in [0, 0.05) is 23.4 Å². The van der Waals surface area contributed by atoms with Crippen LogP contribution in [0.3, 0.4) is 0 Å². The smallest absolute Gasteiger partial charge is 0.243 e. The van der Waals surface area contributed by atoms with E-state index in [1.54, 1.807) is 24.3 Å². The minimum absolute atomic E-state index is 0.0118. The van der Waals surface area contributed by atoms with Gasteiger partial charge in [-0.15, -0.1) is 0 Å². The molecule has 0 aromatic heterocycles. The van der Waals surface area contributed by atoms with Gasteiger partial charge in [-0.1, -0.05) is 53.0 Å². The lowest BCUT2D eigenvalue weighted by Crippen LogP contribution is -2.33. The number of anilines is 1. The minimum Gasteiger partial charge on any atom is -0.347 e. The molecule has 2 aromatic carbocycles. The predicted molar refractivity (Wildman–Crippen MR) is 103 cm³/mol. The molecular weight excluding hydrogens is 375 g/mol. The summed E-state index contributed by atoms with van der Waals surface area (Å²) in [4.78, 5) is 35.7. The number of nitrogens with one attached hydrogen (secondary N) is 2. The summed E-state index contributed by atoms with van der Waals surface area (Å²) in [5.74, 6) is -0.930. The molecular formula is C19H18Cl2N2O3. The molecule has 2 rings (SSSR count). The number of ketones is 1. The summed E-state index contributed by atoms with van der Waals surface area (Å²) in [5.41, 5.74) is 2.00. The molecule has 0 bridgehead atoms. The van der Waals surface area contributed by atoms with E-state index in [0.29, 0.717) is 21.3 Å². The van der Waals surface area contributed by atoms with Gasteiger partial charge in [0.25, 0.3) is 0 Å². The Hall–Kier alpha value is -2.37. The van der Waals surface area contributed by atoms with Crippen LogP contribution < -0.4 is 10.6 Å². The average Bonchev–Trinajstić information content (AvgIpc) is 2.61. The number of Topliss-reactive ketones (excluding diaryl/α,β-unsaturated/α-hetero) is 1. The highest BCUT2D eigenvalue weighted by atomic mass is 35.5. The van der Waals surface area contributed by atoms with Gasteiger partial charge in [0.2, 0.25) is 11.8 Å². The summed E-state index contributed by atoms with van der Waals surface area (Å²) in [6, 6.07) is 11.8. The first-order valence-electron chi connectivity index (χ1n) is 7.96. The summed E-state index contributed by atoms with van der Waals surface area (Å²) in [5, 5.41) is 5.82. The first kappa shape index (κ1) is 19.9. The molecule has 0 aliphatic heterocycles. The molecule has 0 atom stereocenters. The van der Waals surface area contributed by atoms with Gasteiger partial charge >= 0.3 is 0 Å². The second-order valence-electron chi connectivity index (χ2n) is 5.74. The van der Waals surface area contributed by atoms with E-state index in [9.17, 15) is 14.4 Å². The zero-order chi connectivity index (χ0) is 19.1. The first-order chi connectivity index (χ1) is 12.3. The molecule has 0 saturated carbocycles. The van der Waals surface area contributed by atoms with E-state index in [-0.39, 0.29) is 31.1 Å². The van der Waals surface area contributed by atoms with Crippen LogP contribution in [0.15, 0.2) is 42.5 Å². The molecule has 136 valence electrons. The molecule has 2 amide bonds. The number of carbonyl (C=O) groups is 3. The van der Waals surface area contributed by atoms with Crippen LogP contribution in [0, 0.1) is 6.92 Å². The number of benzene rings is 2. The van der Waals surface area contributed by atoms with E-state index in [1.165, 1.54) is 6.07 Å². The Kier molecular flexibility index (Phi) is 7.18. The molecule has 5 nitrogen and oxygen atoms in total. The van der Waals surface area contributed by atoms with Crippen LogP contribution in [0.5, 0.6) is 0 Å². The first-order valence-corrected chi connectivity index (χ1v) is 8.72. The van der Waals surface area contributed by atoms with Gasteiger partial charge in [-0.05, 0) is 25.1 Å². The van der Waals surface area contributed by atoms with Crippen molar-refractivity contribution in [3.8, 4) is 0 Å². The highest BCUT2D eigenvalue weighted by Gasteiger charge is 2.11. The fourth-order valence-corrected chi connectivity index (χ4v) is 2.50. The zero-order valence-electron chi connectivity index (χ0n) is 14.1. The second-order valence-corrected chi connectivity index (χ2v) is 6.58. The van der Waals surface area contributed by atoms with Gasteiger partial charge in [-0.2, -0.15) is 0 Å². The summed E-state index contributed by atoms with van der Waals surface area (Å²) >= 11 is 11.8. The fraction of sp³-hybridized carbons (Fsp3) is 0.211. The lowest BCUT2D eigenvalue weighted by Gasteiger charge is -2.09. The SMILES string of the molecule is Cc1ccc(C(=O)CCC(=O)NCC(=O)Nc2cc(Cl)ccc2Cl)cc1. The Balaban J connectivity index is 1.75. The van der Waals surface area contributed by atoms with Crippen molar-refractivity contribution in [1.82, 2.24) is 5.32 Å². The molecule has 2 N–H and O–H groups in total.